The number of benzene rings is 8. The number of hydrogen-bond donors (Lipinski definition) is 4. The number of carboxylic acid groups (broad SMARTS) is 1. The average molecular weight is 1320 g/mol. The third kappa shape index (κ3) is 18.6. The maximum atomic E-state index is 13.3. The number of alkyl halides is 8. The molecule has 95 heavy (non-hydrogen) atoms. The number of hydrogen-bond acceptors (Lipinski definition) is 8. The zero-order valence-corrected chi connectivity index (χ0v) is 51.2. The van der Waals surface area contributed by atoms with E-state index in [1.165, 1.54) is 48.3 Å². The Kier molecular flexibility index (Phi) is 23.9. The molecule has 0 saturated heterocycles. The van der Waals surface area contributed by atoms with Crippen molar-refractivity contribution in [2.75, 3.05) is 16.0 Å². The third-order valence-electron chi connectivity index (χ3n) is 14.6. The van der Waals surface area contributed by atoms with Crippen LogP contribution in [-0.2, 0) is 12.4 Å². The van der Waals surface area contributed by atoms with Crippen LogP contribution < -0.4 is 16.0 Å². The molecule has 4 aromatic heterocycles. The van der Waals surface area contributed by atoms with Crippen LogP contribution >= 0.6 is 23.2 Å². The highest BCUT2D eigenvalue weighted by Gasteiger charge is 2.31. The minimum Gasteiger partial charge on any atom is -0.478 e. The van der Waals surface area contributed by atoms with Crippen molar-refractivity contribution in [3.63, 3.8) is 0 Å². The van der Waals surface area contributed by atoms with Gasteiger partial charge in [0.1, 0.15) is 0 Å². The summed E-state index contributed by atoms with van der Waals surface area (Å²) in [5.41, 5.74) is 7.44. The smallest absolute Gasteiger partial charge is 0.416 e. The standard InChI is InChI=1S/C36H25F3N4O2.C24H15F3N2O3.C13H13N.CH2Cl2.CH4/c37-36(38,39)27-16-13-23(14-17-27)29-10-4-5-11-30(29)35(45)42-28-18-15-25-20-26(22-41-32(25)21-28)34(44)43-33(24-8-2-1-3-9-24)31-12-6-7-19-40-31;25-24(26,27)17-8-5-14(6-9-17)19-3-1-2-4-20(19)22(30)29-18-10-7-15-11-16(23(31)32)13-28-21(15)12-18;1-11(12-7-3-2-4-8-12)13-9-5-6-10-14-13;2-1-3;/h1-22,33H,(H,42,45)(H,43,44);1-13H,(H,29,30)(H,31,32);2-11H,1H3;1H2;1H4/t;;11-;;/m..0../s1. The van der Waals surface area contributed by atoms with Crippen molar-refractivity contribution < 1.29 is 50.6 Å². The first kappa shape index (κ1) is 69.8. The van der Waals surface area contributed by atoms with Gasteiger partial charge < -0.3 is 21.1 Å². The van der Waals surface area contributed by atoms with Crippen LogP contribution in [0.3, 0.4) is 0 Å². The van der Waals surface area contributed by atoms with Crippen LogP contribution in [0.15, 0.2) is 267 Å². The molecule has 3 amide bonds. The van der Waals surface area contributed by atoms with Crippen molar-refractivity contribution in [3.8, 4) is 22.3 Å². The number of carbonyl (C=O) groups excluding carboxylic acids is 3. The van der Waals surface area contributed by atoms with Gasteiger partial charge in [-0.05, 0) is 130 Å². The second-order valence-electron chi connectivity index (χ2n) is 20.8. The van der Waals surface area contributed by atoms with Gasteiger partial charge in [-0.25, -0.2) is 4.79 Å². The molecule has 0 saturated carbocycles. The molecule has 12 nitrogen and oxygen atoms in total. The Balaban J connectivity index is 0.000000200. The quantitative estimate of drug-likeness (QED) is 0.0646. The molecule has 1 unspecified atom stereocenters. The number of nitrogens with one attached hydrogen (secondary N) is 3. The van der Waals surface area contributed by atoms with Gasteiger partial charge in [0.25, 0.3) is 17.7 Å². The van der Waals surface area contributed by atoms with Crippen LogP contribution in [0.25, 0.3) is 44.1 Å². The van der Waals surface area contributed by atoms with E-state index in [2.05, 4.69) is 73.1 Å². The summed E-state index contributed by atoms with van der Waals surface area (Å²) in [6.45, 7) is 2.18. The summed E-state index contributed by atoms with van der Waals surface area (Å²) in [6.07, 6.45) is -2.66. The Morgan fingerprint density at radius 2 is 0.853 bits per heavy atom. The van der Waals surface area contributed by atoms with Gasteiger partial charge in [-0.2, -0.15) is 26.3 Å². The summed E-state index contributed by atoms with van der Waals surface area (Å²) in [5, 5.41) is 19.2. The Labute approximate surface area is 553 Å². The van der Waals surface area contributed by atoms with Gasteiger partial charge in [0.15, 0.2) is 0 Å². The Bertz CT molecular complexity index is 4480. The number of aromatic nitrogens is 4. The molecule has 0 aliphatic heterocycles. The van der Waals surface area contributed by atoms with E-state index in [-0.39, 0.29) is 24.2 Å². The minimum absolute atomic E-state index is 0. The third-order valence-corrected chi connectivity index (χ3v) is 14.6. The summed E-state index contributed by atoms with van der Waals surface area (Å²) in [7, 11) is 0. The molecule has 0 spiro atoms. The zero-order valence-electron chi connectivity index (χ0n) is 49.7. The summed E-state index contributed by atoms with van der Waals surface area (Å²) in [4.78, 5) is 68.0. The molecule has 0 bridgehead atoms. The lowest BCUT2D eigenvalue weighted by atomic mass is 9.97. The first-order chi connectivity index (χ1) is 45.3. The fraction of sp³-hybridized carbons (Fsp3) is 0.0933. The van der Waals surface area contributed by atoms with Gasteiger partial charge in [0.05, 0.1) is 50.4 Å². The van der Waals surface area contributed by atoms with E-state index in [1.807, 2.05) is 72.9 Å². The van der Waals surface area contributed by atoms with E-state index in [4.69, 9.17) is 28.3 Å². The van der Waals surface area contributed by atoms with Crippen molar-refractivity contribution in [2.45, 2.75) is 38.7 Å². The number of rotatable bonds is 13. The molecule has 12 rings (SSSR count). The predicted molar refractivity (Wildman–Crippen MR) is 362 cm³/mol. The van der Waals surface area contributed by atoms with Crippen LogP contribution in [0.1, 0.15) is 101 Å². The normalized spacial score (nSPS) is 11.5. The van der Waals surface area contributed by atoms with Crippen molar-refractivity contribution in [2.24, 2.45) is 0 Å². The highest BCUT2D eigenvalue weighted by Crippen LogP contribution is 2.35. The molecule has 4 N–H and O–H groups in total. The maximum Gasteiger partial charge on any atom is 0.416 e. The molecule has 0 fully saturated rings. The second kappa shape index (κ2) is 32.5. The maximum absolute atomic E-state index is 13.3. The monoisotopic (exact) mass is 1320 g/mol. The first-order valence-electron chi connectivity index (χ1n) is 28.8. The van der Waals surface area contributed by atoms with Crippen LogP contribution in [0.2, 0.25) is 0 Å². The van der Waals surface area contributed by atoms with E-state index in [0.717, 1.165) is 35.5 Å². The molecule has 2 atom stereocenters. The summed E-state index contributed by atoms with van der Waals surface area (Å²) >= 11 is 9.53. The lowest BCUT2D eigenvalue weighted by Crippen LogP contribution is -2.30. The van der Waals surface area contributed by atoms with Gasteiger partial charge in [0.2, 0.25) is 0 Å². The Morgan fingerprint density at radius 3 is 1.28 bits per heavy atom. The lowest BCUT2D eigenvalue weighted by molar-refractivity contribution is -0.138. The average Bonchev–Trinajstić information content (AvgIpc) is 0.843. The molecule has 4 heterocycles. The SMILES string of the molecule is C.C[C@@H](c1ccccc1)c1ccccn1.ClCCl.O=C(NC(c1ccccc1)c1ccccn1)c1cnc2cc(NC(=O)c3ccccc3-c3ccc(C(F)(F)F)cc3)ccc2c1.O=C(O)c1cnc2cc(NC(=O)c3ccccc3-c3ccc(C(F)(F)F)cc3)ccc2c1. The van der Waals surface area contributed by atoms with Gasteiger partial charge in [-0.1, -0.05) is 160 Å². The topological polar surface area (TPSA) is 176 Å². The molecular weight excluding hydrogens is 1260 g/mol. The highest BCUT2D eigenvalue weighted by atomic mass is 35.5. The van der Waals surface area contributed by atoms with Crippen LogP contribution in [0.4, 0.5) is 37.7 Å². The van der Waals surface area contributed by atoms with E-state index in [1.54, 1.807) is 97.2 Å². The Morgan fingerprint density at radius 1 is 0.453 bits per heavy atom. The molecular formula is C75H59Cl2F6N7O5. The predicted octanol–water partition coefficient (Wildman–Crippen LogP) is 19.2. The zero-order chi connectivity index (χ0) is 66.8. The van der Waals surface area contributed by atoms with E-state index in [9.17, 15) is 45.5 Å². The highest BCUT2D eigenvalue weighted by molar-refractivity contribution is 6.40. The van der Waals surface area contributed by atoms with E-state index >= 15 is 0 Å². The number of aromatic carboxylic acids is 1. The number of anilines is 2. The van der Waals surface area contributed by atoms with E-state index < -0.39 is 47.3 Å². The number of pyridine rings is 4. The summed E-state index contributed by atoms with van der Waals surface area (Å²) < 4.78 is 77.6. The number of carbonyl (C=O) groups is 4. The minimum atomic E-state index is -4.45. The fourth-order valence-electron chi connectivity index (χ4n) is 9.86. The largest absolute Gasteiger partial charge is 0.478 e. The molecule has 0 aliphatic rings. The van der Waals surface area contributed by atoms with Crippen molar-refractivity contribution in [3.05, 3.63) is 323 Å². The fourth-order valence-corrected chi connectivity index (χ4v) is 9.86. The number of nitrogens with zero attached hydrogens (tertiary/aromatic N) is 4. The summed E-state index contributed by atoms with van der Waals surface area (Å²) in [5.74, 6) is -1.90. The molecule has 0 aliphatic carbocycles. The molecule has 0 radical (unpaired) electrons. The number of carboxylic acids is 1. The van der Waals surface area contributed by atoms with Gasteiger partial charge in [0, 0.05) is 69.7 Å². The van der Waals surface area contributed by atoms with Gasteiger partial charge >= 0.3 is 18.3 Å². The molecule has 480 valence electrons. The van der Waals surface area contributed by atoms with Gasteiger partial charge in [-0.3, -0.25) is 34.3 Å². The number of fused-ring (bicyclic) bond motifs is 2. The number of amides is 3. The van der Waals surface area contributed by atoms with Crippen LogP contribution in [0, 0.1) is 0 Å². The lowest BCUT2D eigenvalue weighted by Gasteiger charge is -2.19. The van der Waals surface area contributed by atoms with Crippen LogP contribution in [-0.4, -0.2) is 54.1 Å². The second-order valence-corrected chi connectivity index (χ2v) is 21.6. The molecule has 8 aromatic carbocycles. The van der Waals surface area contributed by atoms with Gasteiger partial charge in [-0.15, -0.1) is 23.2 Å². The van der Waals surface area contributed by atoms with Crippen molar-refractivity contribution >= 4 is 80.1 Å². The summed E-state index contributed by atoms with van der Waals surface area (Å²) in [6, 6.07) is 67.0. The molecule has 20 heteroatoms. The van der Waals surface area contributed by atoms with Crippen LogP contribution in [0.5, 0.6) is 0 Å². The Hall–Kier alpha value is -11.1. The first-order valence-corrected chi connectivity index (χ1v) is 29.9. The molecule has 12 aromatic rings. The number of halogens is 8. The van der Waals surface area contributed by atoms with Crippen molar-refractivity contribution in [1.29, 1.82) is 0 Å². The van der Waals surface area contributed by atoms with E-state index in [0.29, 0.717) is 83.7 Å². The van der Waals surface area contributed by atoms with Crippen molar-refractivity contribution in [1.82, 2.24) is 25.3 Å².